The molecular weight excluding hydrogens is 386 g/mol. The molecule has 0 amide bonds. The molecule has 2 aliphatic rings. The van der Waals surface area contributed by atoms with E-state index in [4.69, 9.17) is 17.3 Å². The van der Waals surface area contributed by atoms with Gasteiger partial charge in [-0.2, -0.15) is 4.98 Å². The van der Waals surface area contributed by atoms with Gasteiger partial charge in [-0.3, -0.25) is 4.90 Å². The van der Waals surface area contributed by atoms with Crippen LogP contribution in [0.25, 0.3) is 0 Å². The zero-order chi connectivity index (χ0) is 19.7. The number of likely N-dealkylation sites (tertiary alicyclic amines) is 1. The predicted octanol–water partition coefficient (Wildman–Crippen LogP) is 3.35. The van der Waals surface area contributed by atoms with Crippen LogP contribution >= 0.6 is 11.6 Å². The minimum atomic E-state index is -2.62. The Morgan fingerprint density at radius 3 is 2.54 bits per heavy atom. The van der Waals surface area contributed by atoms with E-state index in [-0.39, 0.29) is 31.0 Å². The van der Waals surface area contributed by atoms with E-state index >= 15 is 0 Å². The highest BCUT2D eigenvalue weighted by Crippen LogP contribution is 2.35. The fourth-order valence-corrected chi connectivity index (χ4v) is 4.49. The van der Waals surface area contributed by atoms with Crippen molar-refractivity contribution in [3.8, 4) is 0 Å². The normalized spacial score (nSPS) is 23.8. The molecule has 2 saturated heterocycles. The molecule has 2 aromatic rings. The second-order valence-electron chi connectivity index (χ2n) is 7.79. The number of benzene rings is 1. The number of anilines is 2. The van der Waals surface area contributed by atoms with Gasteiger partial charge in [-0.25, -0.2) is 13.9 Å². The van der Waals surface area contributed by atoms with Crippen molar-refractivity contribution in [3.05, 3.63) is 34.9 Å². The van der Waals surface area contributed by atoms with E-state index in [1.165, 1.54) is 0 Å². The number of piperidine rings is 2. The summed E-state index contributed by atoms with van der Waals surface area (Å²) in [6, 6.07) is 7.96. The number of nitrogens with one attached hydrogen (secondary N) is 1. The van der Waals surface area contributed by atoms with Gasteiger partial charge in [-0.05, 0) is 43.4 Å². The number of rotatable bonds is 4. The first-order valence-corrected chi connectivity index (χ1v) is 10.1. The molecule has 2 fully saturated rings. The Kier molecular flexibility index (Phi) is 5.42. The Bertz CT molecular complexity index is 788. The van der Waals surface area contributed by atoms with Crippen LogP contribution < -0.4 is 10.6 Å². The molecule has 3 heterocycles. The molecule has 1 atom stereocenters. The van der Waals surface area contributed by atoms with Gasteiger partial charge in [-0.15, -0.1) is 5.10 Å². The summed E-state index contributed by atoms with van der Waals surface area (Å²) in [5.41, 5.74) is 6.74. The van der Waals surface area contributed by atoms with Crippen LogP contribution in [-0.2, 0) is 6.42 Å². The lowest BCUT2D eigenvalue weighted by molar-refractivity contribution is -0.0978. The van der Waals surface area contributed by atoms with Crippen LogP contribution in [-0.4, -0.2) is 57.7 Å². The SMILES string of the molecule is Nc1nc(N2CCC(N3CC(F)(F)CCC3Cc3ccc(Cl)cc3)CC2)n[nH]1. The van der Waals surface area contributed by atoms with E-state index in [9.17, 15) is 8.78 Å². The van der Waals surface area contributed by atoms with Gasteiger partial charge in [0.1, 0.15) is 0 Å². The number of hydrogen-bond donors (Lipinski definition) is 2. The Labute approximate surface area is 168 Å². The topological polar surface area (TPSA) is 74.1 Å². The van der Waals surface area contributed by atoms with Gasteiger partial charge in [0.05, 0.1) is 6.54 Å². The van der Waals surface area contributed by atoms with E-state index in [0.717, 1.165) is 37.9 Å². The van der Waals surface area contributed by atoms with Gasteiger partial charge < -0.3 is 10.6 Å². The maximum Gasteiger partial charge on any atom is 0.260 e. The lowest BCUT2D eigenvalue weighted by Gasteiger charge is -2.46. The molecule has 3 N–H and O–H groups in total. The van der Waals surface area contributed by atoms with Crippen LogP contribution in [0.4, 0.5) is 20.7 Å². The number of alkyl halides is 2. The summed E-state index contributed by atoms with van der Waals surface area (Å²) in [6.07, 6.45) is 2.85. The number of halogens is 3. The lowest BCUT2D eigenvalue weighted by Crippen LogP contribution is -2.56. The molecule has 9 heteroatoms. The highest BCUT2D eigenvalue weighted by molar-refractivity contribution is 6.30. The monoisotopic (exact) mass is 410 g/mol. The van der Waals surface area contributed by atoms with Gasteiger partial charge in [0.2, 0.25) is 11.9 Å². The van der Waals surface area contributed by atoms with Gasteiger partial charge in [-0.1, -0.05) is 23.7 Å². The van der Waals surface area contributed by atoms with Crippen LogP contribution in [0, 0.1) is 0 Å². The van der Waals surface area contributed by atoms with Crippen molar-refractivity contribution in [2.75, 3.05) is 30.3 Å². The van der Waals surface area contributed by atoms with Crippen molar-refractivity contribution in [1.82, 2.24) is 20.1 Å². The van der Waals surface area contributed by atoms with Gasteiger partial charge >= 0.3 is 0 Å². The summed E-state index contributed by atoms with van der Waals surface area (Å²) in [5.74, 6) is -1.75. The van der Waals surface area contributed by atoms with E-state index in [2.05, 4.69) is 20.1 Å². The van der Waals surface area contributed by atoms with Crippen molar-refractivity contribution < 1.29 is 8.78 Å². The number of H-pyrrole nitrogens is 1. The summed E-state index contributed by atoms with van der Waals surface area (Å²) < 4.78 is 28.4. The Hall–Kier alpha value is -1.93. The van der Waals surface area contributed by atoms with Crippen LogP contribution in [0.2, 0.25) is 5.02 Å². The number of nitrogens with zero attached hydrogens (tertiary/aromatic N) is 4. The van der Waals surface area contributed by atoms with Crippen molar-refractivity contribution in [2.24, 2.45) is 0 Å². The van der Waals surface area contributed by atoms with Crippen LogP contribution in [0.1, 0.15) is 31.2 Å². The van der Waals surface area contributed by atoms with Crippen LogP contribution in [0.3, 0.4) is 0 Å². The summed E-state index contributed by atoms with van der Waals surface area (Å²) in [7, 11) is 0. The zero-order valence-corrected chi connectivity index (χ0v) is 16.4. The minimum absolute atomic E-state index is 0.0446. The first-order chi connectivity index (χ1) is 13.4. The Balaban J connectivity index is 1.44. The molecule has 0 radical (unpaired) electrons. The molecule has 1 aromatic heterocycles. The van der Waals surface area contributed by atoms with E-state index in [0.29, 0.717) is 17.4 Å². The molecule has 4 rings (SSSR count). The number of nitrogens with two attached hydrogens (primary N) is 1. The summed E-state index contributed by atoms with van der Waals surface area (Å²) in [5, 5.41) is 7.43. The molecule has 0 bridgehead atoms. The summed E-state index contributed by atoms with van der Waals surface area (Å²) >= 11 is 5.97. The van der Waals surface area contributed by atoms with E-state index in [1.807, 2.05) is 29.2 Å². The third-order valence-electron chi connectivity index (χ3n) is 5.82. The fourth-order valence-electron chi connectivity index (χ4n) is 4.36. The molecule has 2 aliphatic heterocycles. The molecule has 1 aromatic carbocycles. The average molecular weight is 411 g/mol. The average Bonchev–Trinajstić information content (AvgIpc) is 3.11. The molecule has 1 unspecified atom stereocenters. The maximum atomic E-state index is 14.2. The molecule has 28 heavy (non-hydrogen) atoms. The van der Waals surface area contributed by atoms with Crippen LogP contribution in [0.15, 0.2) is 24.3 Å². The molecule has 0 aliphatic carbocycles. The van der Waals surface area contributed by atoms with E-state index in [1.54, 1.807) is 0 Å². The van der Waals surface area contributed by atoms with Crippen molar-refractivity contribution >= 4 is 23.5 Å². The number of nitrogen functional groups attached to an aromatic ring is 1. The third kappa shape index (κ3) is 4.38. The molecule has 6 nitrogen and oxygen atoms in total. The quantitative estimate of drug-likeness (QED) is 0.808. The fraction of sp³-hybridized carbons (Fsp3) is 0.579. The first-order valence-electron chi connectivity index (χ1n) is 9.70. The standard InChI is InChI=1S/C19H25ClF2N6/c20-14-3-1-13(2-4-14)11-16-5-8-19(21,22)12-28(16)15-6-9-27(10-7-15)18-24-17(23)25-26-18/h1-4,15-16H,5-12H2,(H3,23,24,25,26). The zero-order valence-electron chi connectivity index (χ0n) is 15.6. The first kappa shape index (κ1) is 19.4. The summed E-state index contributed by atoms with van der Waals surface area (Å²) in [6.45, 7) is 1.30. The van der Waals surface area contributed by atoms with E-state index < -0.39 is 5.92 Å². The highest BCUT2D eigenvalue weighted by atomic mass is 35.5. The summed E-state index contributed by atoms with van der Waals surface area (Å²) in [4.78, 5) is 8.26. The molecule has 0 spiro atoms. The smallest absolute Gasteiger partial charge is 0.260 e. The Morgan fingerprint density at radius 2 is 1.89 bits per heavy atom. The maximum absolute atomic E-state index is 14.2. The van der Waals surface area contributed by atoms with Gasteiger partial charge in [0.15, 0.2) is 0 Å². The minimum Gasteiger partial charge on any atom is -0.368 e. The number of hydrogen-bond acceptors (Lipinski definition) is 5. The van der Waals surface area contributed by atoms with Crippen molar-refractivity contribution in [1.29, 1.82) is 0 Å². The molecule has 152 valence electrons. The van der Waals surface area contributed by atoms with Gasteiger partial charge in [0.25, 0.3) is 5.92 Å². The van der Waals surface area contributed by atoms with Crippen molar-refractivity contribution in [2.45, 2.75) is 50.1 Å². The highest BCUT2D eigenvalue weighted by Gasteiger charge is 2.43. The largest absolute Gasteiger partial charge is 0.368 e. The number of aromatic amines is 1. The molecule has 0 saturated carbocycles. The predicted molar refractivity (Wildman–Crippen MR) is 106 cm³/mol. The number of aromatic nitrogens is 3. The second-order valence-corrected chi connectivity index (χ2v) is 8.23. The van der Waals surface area contributed by atoms with Gasteiger partial charge in [0, 0.05) is 36.6 Å². The molecular formula is C19H25ClF2N6. The van der Waals surface area contributed by atoms with Crippen molar-refractivity contribution in [3.63, 3.8) is 0 Å². The third-order valence-corrected chi connectivity index (χ3v) is 6.07. The second kappa shape index (κ2) is 7.83. The Morgan fingerprint density at radius 1 is 1.18 bits per heavy atom. The van der Waals surface area contributed by atoms with Crippen LogP contribution in [0.5, 0.6) is 0 Å². The lowest BCUT2D eigenvalue weighted by atomic mass is 9.90.